The highest BCUT2D eigenvalue weighted by Crippen LogP contribution is 2.28. The summed E-state index contributed by atoms with van der Waals surface area (Å²) in [6.45, 7) is 16.4. The van der Waals surface area contributed by atoms with E-state index in [4.69, 9.17) is 0 Å². The molecule has 0 atom stereocenters. The van der Waals surface area contributed by atoms with Gasteiger partial charge in [0.05, 0.1) is 0 Å². The largest absolute Gasteiger partial charge is 0.0795 e. The van der Waals surface area contributed by atoms with Crippen molar-refractivity contribution in [1.82, 2.24) is 0 Å². The van der Waals surface area contributed by atoms with E-state index in [2.05, 4.69) is 83.2 Å². The summed E-state index contributed by atoms with van der Waals surface area (Å²) in [5.74, 6) is 0. The van der Waals surface area contributed by atoms with Gasteiger partial charge in [0.1, 0.15) is 0 Å². The van der Waals surface area contributed by atoms with Crippen molar-refractivity contribution in [2.24, 2.45) is 5.41 Å². The Labute approximate surface area is 184 Å². The number of hydrogen-bond acceptors (Lipinski definition) is 0. The molecule has 0 saturated carbocycles. The van der Waals surface area contributed by atoms with E-state index >= 15 is 0 Å². The van der Waals surface area contributed by atoms with Crippen LogP contribution >= 0.6 is 22.6 Å². The normalized spacial score (nSPS) is 12.6. The molecule has 0 spiro atoms. The van der Waals surface area contributed by atoms with Crippen LogP contribution < -0.4 is 0 Å². The lowest BCUT2D eigenvalue weighted by atomic mass is 9.84. The van der Waals surface area contributed by atoms with Gasteiger partial charge in [-0.05, 0) is 74.5 Å². The number of hydrogen-bond donors (Lipinski definition) is 0. The van der Waals surface area contributed by atoms with E-state index in [1.807, 2.05) is 0 Å². The number of rotatable bonds is 13. The van der Waals surface area contributed by atoms with Crippen LogP contribution in [-0.4, -0.2) is 3.42 Å². The molecule has 0 aromatic heterocycles. The lowest BCUT2D eigenvalue weighted by molar-refractivity contribution is 0.308. The third-order valence-corrected chi connectivity index (χ3v) is 6.78. The molecule has 0 N–H and O–H groups in total. The Morgan fingerprint density at radius 3 is 1.67 bits per heavy atom. The minimum Gasteiger partial charge on any atom is -0.0795 e. The lowest BCUT2D eigenvalue weighted by Crippen LogP contribution is -2.08. The smallest absolute Gasteiger partial charge is 0.0166 e. The fourth-order valence-corrected chi connectivity index (χ4v) is 4.22. The van der Waals surface area contributed by atoms with Crippen molar-refractivity contribution in [2.45, 2.75) is 123 Å². The molecular formula is C26H45I. The van der Waals surface area contributed by atoms with Gasteiger partial charge in [0.15, 0.2) is 0 Å². The van der Waals surface area contributed by atoms with E-state index in [9.17, 15) is 0 Å². The highest BCUT2D eigenvalue weighted by Gasteiger charge is 2.14. The van der Waals surface area contributed by atoms with E-state index < -0.39 is 0 Å². The predicted molar refractivity (Wildman–Crippen MR) is 132 cm³/mol. The van der Waals surface area contributed by atoms with Crippen molar-refractivity contribution in [3.05, 3.63) is 34.4 Å². The van der Waals surface area contributed by atoms with Gasteiger partial charge in [-0.1, -0.05) is 107 Å². The number of aryl methyl sites for hydroxylation is 3. The summed E-state index contributed by atoms with van der Waals surface area (Å²) >= 11 is 2.58. The zero-order chi connectivity index (χ0) is 20.5. The molecule has 1 aromatic carbocycles. The van der Waals surface area contributed by atoms with Crippen molar-refractivity contribution in [3.63, 3.8) is 0 Å². The number of halogens is 1. The van der Waals surface area contributed by atoms with Gasteiger partial charge < -0.3 is 0 Å². The lowest BCUT2D eigenvalue weighted by Gasteiger charge is -2.22. The van der Waals surface area contributed by atoms with E-state index in [0.29, 0.717) is 8.84 Å². The number of benzene rings is 1. The molecule has 0 amide bonds. The zero-order valence-electron chi connectivity index (χ0n) is 19.3. The molecule has 0 heterocycles. The van der Waals surface area contributed by atoms with Crippen LogP contribution in [0.15, 0.2) is 12.1 Å². The van der Waals surface area contributed by atoms with E-state index in [0.717, 1.165) is 0 Å². The molecule has 27 heavy (non-hydrogen) atoms. The molecule has 1 rings (SSSR count). The van der Waals surface area contributed by atoms with E-state index in [1.165, 1.54) is 76.2 Å². The summed E-state index contributed by atoms with van der Waals surface area (Å²) in [5.41, 5.74) is 6.76. The highest BCUT2D eigenvalue weighted by molar-refractivity contribution is 14.1. The molecule has 0 saturated heterocycles. The summed E-state index contributed by atoms with van der Waals surface area (Å²) in [6.07, 6.45) is 14.7. The summed E-state index contributed by atoms with van der Waals surface area (Å²) in [5, 5.41) is 0. The Morgan fingerprint density at radius 1 is 0.741 bits per heavy atom. The molecule has 0 aliphatic carbocycles. The van der Waals surface area contributed by atoms with Crippen LogP contribution in [0.2, 0.25) is 0 Å². The van der Waals surface area contributed by atoms with Crippen LogP contribution in [0.5, 0.6) is 0 Å². The molecule has 0 fully saturated rings. The maximum absolute atomic E-state index is 2.58. The maximum atomic E-state index is 2.58. The molecule has 0 bridgehead atoms. The van der Waals surface area contributed by atoms with Gasteiger partial charge in [-0.2, -0.15) is 0 Å². The van der Waals surface area contributed by atoms with Crippen LogP contribution in [0.4, 0.5) is 0 Å². The summed E-state index contributed by atoms with van der Waals surface area (Å²) in [4.78, 5) is 0. The average molecular weight is 485 g/mol. The first-order valence-corrected chi connectivity index (χ1v) is 12.4. The molecule has 0 nitrogen and oxygen atoms in total. The van der Waals surface area contributed by atoms with Gasteiger partial charge in [0.25, 0.3) is 0 Å². The number of unbranched alkanes of at least 4 members (excludes halogenated alkanes) is 4. The first-order valence-electron chi connectivity index (χ1n) is 11.3. The van der Waals surface area contributed by atoms with Crippen molar-refractivity contribution in [3.8, 4) is 0 Å². The Bertz CT molecular complexity index is 548. The first-order chi connectivity index (χ1) is 12.5. The predicted octanol–water partition coefficient (Wildman–Crippen LogP) is 9.16. The van der Waals surface area contributed by atoms with Gasteiger partial charge >= 0.3 is 0 Å². The van der Waals surface area contributed by atoms with Gasteiger partial charge in [0.2, 0.25) is 0 Å². The van der Waals surface area contributed by atoms with Crippen molar-refractivity contribution in [2.75, 3.05) is 0 Å². The van der Waals surface area contributed by atoms with Gasteiger partial charge in [-0.15, -0.1) is 0 Å². The van der Waals surface area contributed by atoms with Crippen LogP contribution in [0.1, 0.15) is 115 Å². The quantitative estimate of drug-likeness (QED) is 0.149. The molecule has 0 unspecified atom stereocenters. The molecule has 1 heteroatoms. The van der Waals surface area contributed by atoms with Gasteiger partial charge in [0, 0.05) is 3.42 Å². The standard InChI is InChI=1S/C26H45I/c1-8-25(4,5)17-13-9-11-15-23-19-21(2)20-24(22(23)3)16-12-10-14-18-26(6,7)27/h19-20H,8-18H2,1-7H3. The third kappa shape index (κ3) is 10.9. The topological polar surface area (TPSA) is 0 Å². The Kier molecular flexibility index (Phi) is 10.9. The zero-order valence-corrected chi connectivity index (χ0v) is 21.5. The fraction of sp³-hybridized carbons (Fsp3) is 0.769. The van der Waals surface area contributed by atoms with E-state index in [-0.39, 0.29) is 0 Å². The van der Waals surface area contributed by atoms with E-state index in [1.54, 1.807) is 16.7 Å². The van der Waals surface area contributed by atoms with Gasteiger partial charge in [-0.3, -0.25) is 0 Å². The second kappa shape index (κ2) is 11.8. The summed E-state index contributed by atoms with van der Waals surface area (Å²) in [6, 6.07) is 4.87. The van der Waals surface area contributed by atoms with Crippen LogP contribution in [0.25, 0.3) is 0 Å². The minimum absolute atomic E-state index is 0.455. The van der Waals surface area contributed by atoms with Crippen LogP contribution in [-0.2, 0) is 12.8 Å². The monoisotopic (exact) mass is 484 g/mol. The maximum Gasteiger partial charge on any atom is 0.0166 e. The average Bonchev–Trinajstić information content (AvgIpc) is 2.56. The molecule has 0 aliphatic rings. The highest BCUT2D eigenvalue weighted by atomic mass is 127. The molecule has 1 aromatic rings. The molecular weight excluding hydrogens is 439 g/mol. The van der Waals surface area contributed by atoms with Crippen LogP contribution in [0, 0.1) is 19.3 Å². The molecule has 0 aliphatic heterocycles. The summed E-state index contributed by atoms with van der Waals surface area (Å²) < 4.78 is 0.455. The molecule has 0 radical (unpaired) electrons. The first kappa shape index (κ1) is 25.0. The number of alkyl halides is 1. The van der Waals surface area contributed by atoms with Crippen molar-refractivity contribution in [1.29, 1.82) is 0 Å². The van der Waals surface area contributed by atoms with Crippen molar-refractivity contribution >= 4 is 22.6 Å². The Balaban J connectivity index is 2.45. The fourth-order valence-electron chi connectivity index (χ4n) is 3.84. The third-order valence-electron chi connectivity index (χ3n) is 6.24. The Morgan fingerprint density at radius 2 is 1.22 bits per heavy atom. The van der Waals surface area contributed by atoms with Crippen molar-refractivity contribution < 1.29 is 0 Å². The second-order valence-corrected chi connectivity index (χ2v) is 13.0. The minimum atomic E-state index is 0.455. The van der Waals surface area contributed by atoms with Gasteiger partial charge in [-0.25, -0.2) is 0 Å². The second-order valence-electron chi connectivity index (χ2n) is 10.1. The SMILES string of the molecule is CCC(C)(C)CCCCCc1cc(C)cc(CCCCCC(C)(C)I)c1C. The summed E-state index contributed by atoms with van der Waals surface area (Å²) in [7, 11) is 0. The van der Waals surface area contributed by atoms with Crippen LogP contribution in [0.3, 0.4) is 0 Å². The Hall–Kier alpha value is -0.0500. The molecule has 156 valence electrons.